The number of rotatable bonds is 5. The number of benzene rings is 1. The molecule has 1 N–H and O–H groups in total. The number of methoxy groups -OCH3 is 2. The Bertz CT molecular complexity index is 987. The summed E-state index contributed by atoms with van der Waals surface area (Å²) >= 11 is 1.21. The molecular weight excluding hydrogens is 357 g/mol. The van der Waals surface area contributed by atoms with Gasteiger partial charge < -0.3 is 14.8 Å². The zero-order chi connectivity index (χ0) is 18.8. The third-order valence-corrected chi connectivity index (χ3v) is 5.03. The average molecular weight is 375 g/mol. The number of carbonyl (C=O) groups is 1. The van der Waals surface area contributed by atoms with Gasteiger partial charge in [0, 0.05) is 7.11 Å². The van der Waals surface area contributed by atoms with Crippen molar-refractivity contribution in [2.45, 2.75) is 20.5 Å². The molecule has 0 unspecified atom stereocenters. The molecule has 0 aliphatic carbocycles. The summed E-state index contributed by atoms with van der Waals surface area (Å²) in [6, 6.07) is 4.66. The summed E-state index contributed by atoms with van der Waals surface area (Å²) in [5.41, 5.74) is 1.61. The molecule has 0 radical (unpaired) electrons. The highest BCUT2D eigenvalue weighted by molar-refractivity contribution is 7.20. The van der Waals surface area contributed by atoms with E-state index < -0.39 is 11.7 Å². The van der Waals surface area contributed by atoms with E-state index in [2.05, 4.69) is 15.3 Å². The number of fused-ring (bicyclic) bond motifs is 1. The summed E-state index contributed by atoms with van der Waals surface area (Å²) < 4.78 is 24.4. The first-order valence-electron chi connectivity index (χ1n) is 7.85. The molecule has 6 nitrogen and oxygen atoms in total. The van der Waals surface area contributed by atoms with Crippen LogP contribution in [0.15, 0.2) is 18.2 Å². The maximum absolute atomic E-state index is 14.0. The average Bonchev–Trinajstić information content (AvgIpc) is 2.94. The van der Waals surface area contributed by atoms with Crippen LogP contribution in [0.5, 0.6) is 5.88 Å². The number of amides is 1. The first-order chi connectivity index (χ1) is 12.4. The van der Waals surface area contributed by atoms with Gasteiger partial charge >= 0.3 is 0 Å². The minimum absolute atomic E-state index is 0.135. The van der Waals surface area contributed by atoms with Crippen molar-refractivity contribution < 1.29 is 18.7 Å². The van der Waals surface area contributed by atoms with Crippen LogP contribution in [0.25, 0.3) is 10.2 Å². The molecule has 136 valence electrons. The van der Waals surface area contributed by atoms with Gasteiger partial charge in [-0.05, 0) is 37.1 Å². The molecule has 26 heavy (non-hydrogen) atoms. The normalized spacial score (nSPS) is 11.0. The number of hydrogen-bond donors (Lipinski definition) is 1. The zero-order valence-corrected chi connectivity index (χ0v) is 15.7. The molecule has 1 amide bonds. The van der Waals surface area contributed by atoms with Crippen LogP contribution in [0.1, 0.15) is 26.6 Å². The maximum Gasteiger partial charge on any atom is 0.266 e. The Labute approximate surface area is 154 Å². The van der Waals surface area contributed by atoms with Crippen LogP contribution < -0.4 is 10.1 Å². The van der Waals surface area contributed by atoms with Crippen molar-refractivity contribution in [3.8, 4) is 5.88 Å². The van der Waals surface area contributed by atoms with Gasteiger partial charge in [-0.25, -0.2) is 9.37 Å². The van der Waals surface area contributed by atoms with Gasteiger partial charge in [0.1, 0.15) is 17.3 Å². The standard InChI is InChI=1S/C18H18FN3O3S/c1-9-5-6-12(11(19)7-9)20-16(23)15-10(2)14-17(25-4)21-13(8-24-3)22-18(14)26-15/h5-7H,8H2,1-4H3,(H,20,23). The van der Waals surface area contributed by atoms with Crippen molar-refractivity contribution >= 4 is 33.1 Å². The van der Waals surface area contributed by atoms with E-state index in [1.54, 1.807) is 33.1 Å². The molecule has 3 rings (SSSR count). The van der Waals surface area contributed by atoms with E-state index in [9.17, 15) is 9.18 Å². The van der Waals surface area contributed by atoms with E-state index in [0.29, 0.717) is 32.4 Å². The van der Waals surface area contributed by atoms with Crippen molar-refractivity contribution in [2.75, 3.05) is 19.5 Å². The molecule has 0 bridgehead atoms. The monoisotopic (exact) mass is 375 g/mol. The van der Waals surface area contributed by atoms with E-state index in [4.69, 9.17) is 9.47 Å². The Hall–Kier alpha value is -2.58. The number of ether oxygens (including phenoxy) is 2. The number of anilines is 1. The molecule has 0 aliphatic heterocycles. The first kappa shape index (κ1) is 18.2. The van der Waals surface area contributed by atoms with E-state index >= 15 is 0 Å². The predicted octanol–water partition coefficient (Wildman–Crippen LogP) is 3.85. The van der Waals surface area contributed by atoms with Crippen LogP contribution in [-0.2, 0) is 11.3 Å². The molecule has 3 aromatic rings. The van der Waals surface area contributed by atoms with E-state index in [1.165, 1.54) is 24.5 Å². The largest absolute Gasteiger partial charge is 0.480 e. The van der Waals surface area contributed by atoms with Crippen molar-refractivity contribution in [2.24, 2.45) is 0 Å². The van der Waals surface area contributed by atoms with Crippen LogP contribution in [0, 0.1) is 19.7 Å². The van der Waals surface area contributed by atoms with Crippen molar-refractivity contribution in [3.05, 3.63) is 45.8 Å². The first-order valence-corrected chi connectivity index (χ1v) is 8.66. The van der Waals surface area contributed by atoms with E-state index in [-0.39, 0.29) is 12.3 Å². The minimum atomic E-state index is -0.475. The zero-order valence-electron chi connectivity index (χ0n) is 14.8. The van der Waals surface area contributed by atoms with Gasteiger partial charge in [0.15, 0.2) is 5.82 Å². The van der Waals surface area contributed by atoms with E-state index in [0.717, 1.165) is 5.56 Å². The highest BCUT2D eigenvalue weighted by Crippen LogP contribution is 2.35. The molecule has 1 aromatic carbocycles. The lowest BCUT2D eigenvalue weighted by Gasteiger charge is -2.07. The fourth-order valence-corrected chi connectivity index (χ4v) is 3.69. The fraction of sp³-hybridized carbons (Fsp3) is 0.278. The highest BCUT2D eigenvalue weighted by Gasteiger charge is 2.21. The molecule has 8 heteroatoms. The molecule has 0 atom stereocenters. The van der Waals surface area contributed by atoms with Crippen molar-refractivity contribution in [1.29, 1.82) is 0 Å². The van der Waals surface area contributed by atoms with Gasteiger partial charge in [-0.1, -0.05) is 6.07 Å². The van der Waals surface area contributed by atoms with Gasteiger partial charge in [-0.3, -0.25) is 4.79 Å². The van der Waals surface area contributed by atoms with Crippen LogP contribution in [-0.4, -0.2) is 30.1 Å². The van der Waals surface area contributed by atoms with Gasteiger partial charge in [0.25, 0.3) is 5.91 Å². The molecule has 2 heterocycles. The summed E-state index contributed by atoms with van der Waals surface area (Å²) in [4.78, 5) is 22.5. The Morgan fingerprint density at radius 3 is 2.69 bits per heavy atom. The number of halogens is 1. The molecule has 0 spiro atoms. The Kier molecular flexibility index (Phi) is 5.15. The number of aromatic nitrogens is 2. The second-order valence-electron chi connectivity index (χ2n) is 5.76. The third-order valence-electron chi connectivity index (χ3n) is 3.85. The molecule has 2 aromatic heterocycles. The SMILES string of the molecule is COCc1nc(OC)c2c(C)c(C(=O)Nc3ccc(C)cc3F)sc2n1. The second kappa shape index (κ2) is 7.35. The maximum atomic E-state index is 14.0. The number of hydrogen-bond acceptors (Lipinski definition) is 6. The van der Waals surface area contributed by atoms with Gasteiger partial charge in [-0.15, -0.1) is 11.3 Å². The summed E-state index contributed by atoms with van der Waals surface area (Å²) in [7, 11) is 3.06. The summed E-state index contributed by atoms with van der Waals surface area (Å²) in [5.74, 6) is -0.0218. The van der Waals surface area contributed by atoms with Crippen LogP contribution in [0.4, 0.5) is 10.1 Å². The number of thiophene rings is 1. The lowest BCUT2D eigenvalue weighted by molar-refractivity contribution is 0.102. The summed E-state index contributed by atoms with van der Waals surface area (Å²) in [5, 5.41) is 3.29. The third kappa shape index (κ3) is 3.38. The van der Waals surface area contributed by atoms with Crippen molar-refractivity contribution in [3.63, 3.8) is 0 Å². The molecular formula is C18H18FN3O3S. The van der Waals surface area contributed by atoms with Crippen LogP contribution in [0.3, 0.4) is 0 Å². The Balaban J connectivity index is 2.01. The Morgan fingerprint density at radius 1 is 1.27 bits per heavy atom. The lowest BCUT2D eigenvalue weighted by Crippen LogP contribution is -2.12. The number of nitrogens with zero attached hydrogens (tertiary/aromatic N) is 2. The van der Waals surface area contributed by atoms with Crippen LogP contribution in [0.2, 0.25) is 0 Å². The molecule has 0 saturated heterocycles. The number of aryl methyl sites for hydroxylation is 2. The van der Waals surface area contributed by atoms with Crippen molar-refractivity contribution in [1.82, 2.24) is 9.97 Å². The summed E-state index contributed by atoms with van der Waals surface area (Å²) in [6.45, 7) is 3.81. The molecule has 0 fully saturated rings. The van der Waals surface area contributed by atoms with E-state index in [1.807, 2.05) is 0 Å². The van der Waals surface area contributed by atoms with Gasteiger partial charge in [0.2, 0.25) is 5.88 Å². The predicted molar refractivity (Wildman–Crippen MR) is 98.5 cm³/mol. The highest BCUT2D eigenvalue weighted by atomic mass is 32.1. The Morgan fingerprint density at radius 2 is 2.04 bits per heavy atom. The topological polar surface area (TPSA) is 73.3 Å². The summed E-state index contributed by atoms with van der Waals surface area (Å²) in [6.07, 6.45) is 0. The number of carbonyl (C=O) groups excluding carboxylic acids is 1. The fourth-order valence-electron chi connectivity index (χ4n) is 2.60. The van der Waals surface area contributed by atoms with Gasteiger partial charge in [0.05, 0.1) is 23.1 Å². The number of nitrogens with one attached hydrogen (secondary N) is 1. The minimum Gasteiger partial charge on any atom is -0.480 e. The molecule has 0 saturated carbocycles. The second-order valence-corrected chi connectivity index (χ2v) is 6.75. The van der Waals surface area contributed by atoms with Gasteiger partial charge in [-0.2, -0.15) is 4.98 Å². The lowest BCUT2D eigenvalue weighted by atomic mass is 10.2. The smallest absolute Gasteiger partial charge is 0.266 e. The van der Waals surface area contributed by atoms with Crippen LogP contribution >= 0.6 is 11.3 Å². The molecule has 0 aliphatic rings. The quantitative estimate of drug-likeness (QED) is 0.733.